The molecular formula is C18H28N2O2. The molecule has 0 fully saturated rings. The number of hydrogen-bond acceptors (Lipinski definition) is 4. The van der Waals surface area contributed by atoms with Crippen molar-refractivity contribution in [3.05, 3.63) is 29.3 Å². The lowest BCUT2D eigenvalue weighted by molar-refractivity contribution is 0.0944. The SMILES string of the molecule is CCCCOCCCNC(C)C(=O)c1ccc2c(c1)CCN2. The number of ether oxygens (including phenoxy) is 1. The van der Waals surface area contributed by atoms with Crippen LogP contribution in [0.4, 0.5) is 5.69 Å². The summed E-state index contributed by atoms with van der Waals surface area (Å²) in [5.41, 5.74) is 3.23. The summed E-state index contributed by atoms with van der Waals surface area (Å²) in [6.07, 6.45) is 4.23. The number of benzene rings is 1. The van der Waals surface area contributed by atoms with Crippen molar-refractivity contribution in [1.82, 2.24) is 5.32 Å². The number of carbonyl (C=O) groups excluding carboxylic acids is 1. The number of unbranched alkanes of at least 4 members (excludes halogenated alkanes) is 1. The second-order valence-electron chi connectivity index (χ2n) is 5.91. The molecular weight excluding hydrogens is 276 g/mol. The van der Waals surface area contributed by atoms with Crippen molar-refractivity contribution in [1.29, 1.82) is 0 Å². The lowest BCUT2D eigenvalue weighted by Crippen LogP contribution is -2.35. The van der Waals surface area contributed by atoms with Crippen molar-refractivity contribution in [2.75, 3.05) is 31.6 Å². The van der Waals surface area contributed by atoms with E-state index in [9.17, 15) is 4.79 Å². The van der Waals surface area contributed by atoms with E-state index in [1.807, 2.05) is 25.1 Å². The minimum Gasteiger partial charge on any atom is -0.384 e. The Labute approximate surface area is 133 Å². The average molecular weight is 304 g/mol. The number of Topliss-reactive ketones (excluding diaryl/α,β-unsaturated/α-hetero) is 1. The summed E-state index contributed by atoms with van der Waals surface area (Å²) in [7, 11) is 0. The van der Waals surface area contributed by atoms with Crippen LogP contribution in [0.3, 0.4) is 0 Å². The molecule has 0 aliphatic carbocycles. The van der Waals surface area contributed by atoms with Crippen LogP contribution in [0.5, 0.6) is 0 Å². The quantitative estimate of drug-likeness (QED) is 0.515. The van der Waals surface area contributed by atoms with E-state index in [0.29, 0.717) is 0 Å². The molecule has 0 amide bonds. The number of ketones is 1. The maximum absolute atomic E-state index is 12.4. The summed E-state index contributed by atoms with van der Waals surface area (Å²) in [4.78, 5) is 12.4. The van der Waals surface area contributed by atoms with Gasteiger partial charge in [-0.2, -0.15) is 0 Å². The van der Waals surface area contributed by atoms with Gasteiger partial charge in [-0.3, -0.25) is 4.79 Å². The largest absolute Gasteiger partial charge is 0.384 e. The van der Waals surface area contributed by atoms with E-state index in [4.69, 9.17) is 4.74 Å². The molecule has 0 spiro atoms. The molecule has 1 aliphatic rings. The average Bonchev–Trinajstić information content (AvgIpc) is 3.00. The van der Waals surface area contributed by atoms with Crippen LogP contribution in [0, 0.1) is 0 Å². The third-order valence-electron chi connectivity index (χ3n) is 4.05. The van der Waals surface area contributed by atoms with Gasteiger partial charge in [-0.25, -0.2) is 0 Å². The predicted molar refractivity (Wildman–Crippen MR) is 90.8 cm³/mol. The highest BCUT2D eigenvalue weighted by atomic mass is 16.5. The summed E-state index contributed by atoms with van der Waals surface area (Å²) in [6, 6.07) is 5.82. The highest BCUT2D eigenvalue weighted by molar-refractivity contribution is 6.00. The fourth-order valence-corrected chi connectivity index (χ4v) is 2.64. The normalized spacial score (nSPS) is 14.5. The molecule has 1 atom stereocenters. The Morgan fingerprint density at radius 1 is 1.36 bits per heavy atom. The van der Waals surface area contributed by atoms with Gasteiger partial charge in [0.05, 0.1) is 6.04 Å². The number of fused-ring (bicyclic) bond motifs is 1. The summed E-state index contributed by atoms with van der Waals surface area (Å²) >= 11 is 0. The molecule has 2 rings (SSSR count). The Kier molecular flexibility index (Phi) is 6.87. The van der Waals surface area contributed by atoms with Gasteiger partial charge in [0.15, 0.2) is 5.78 Å². The molecule has 0 aromatic heterocycles. The van der Waals surface area contributed by atoms with Gasteiger partial charge in [0.2, 0.25) is 0 Å². The monoisotopic (exact) mass is 304 g/mol. The van der Waals surface area contributed by atoms with Crippen molar-refractivity contribution < 1.29 is 9.53 Å². The molecule has 1 unspecified atom stereocenters. The minimum atomic E-state index is -0.150. The van der Waals surface area contributed by atoms with E-state index in [2.05, 4.69) is 17.6 Å². The zero-order chi connectivity index (χ0) is 15.8. The summed E-state index contributed by atoms with van der Waals surface area (Å²) in [5.74, 6) is 0.168. The van der Waals surface area contributed by atoms with Crippen molar-refractivity contribution in [3.63, 3.8) is 0 Å². The van der Waals surface area contributed by atoms with E-state index in [1.165, 1.54) is 17.7 Å². The highest BCUT2D eigenvalue weighted by Crippen LogP contribution is 2.23. The van der Waals surface area contributed by atoms with Crippen LogP contribution < -0.4 is 10.6 Å². The lowest BCUT2D eigenvalue weighted by atomic mass is 10.0. The Hall–Kier alpha value is -1.39. The Morgan fingerprint density at radius 3 is 3.00 bits per heavy atom. The van der Waals surface area contributed by atoms with Crippen LogP contribution in [0.1, 0.15) is 49.0 Å². The maximum Gasteiger partial charge on any atom is 0.179 e. The Morgan fingerprint density at radius 2 is 2.18 bits per heavy atom. The molecule has 1 aromatic carbocycles. The van der Waals surface area contributed by atoms with Crippen molar-refractivity contribution in [2.45, 2.75) is 45.6 Å². The van der Waals surface area contributed by atoms with E-state index in [-0.39, 0.29) is 11.8 Å². The fraction of sp³-hybridized carbons (Fsp3) is 0.611. The van der Waals surface area contributed by atoms with Crippen LogP contribution in [0.25, 0.3) is 0 Å². The summed E-state index contributed by atoms with van der Waals surface area (Å²) in [5, 5.41) is 6.61. The zero-order valence-corrected chi connectivity index (χ0v) is 13.8. The first-order valence-corrected chi connectivity index (χ1v) is 8.44. The Bertz CT molecular complexity index is 488. The van der Waals surface area contributed by atoms with Gasteiger partial charge in [0, 0.05) is 31.0 Å². The zero-order valence-electron chi connectivity index (χ0n) is 13.8. The molecule has 122 valence electrons. The van der Waals surface area contributed by atoms with Gasteiger partial charge in [-0.15, -0.1) is 0 Å². The van der Waals surface area contributed by atoms with Crippen molar-refractivity contribution in [2.24, 2.45) is 0 Å². The number of nitrogens with one attached hydrogen (secondary N) is 2. The van der Waals surface area contributed by atoms with Crippen LogP contribution >= 0.6 is 0 Å². The maximum atomic E-state index is 12.4. The number of hydrogen-bond donors (Lipinski definition) is 2. The fourth-order valence-electron chi connectivity index (χ4n) is 2.64. The molecule has 0 bridgehead atoms. The first-order chi connectivity index (χ1) is 10.7. The van der Waals surface area contributed by atoms with Gasteiger partial charge < -0.3 is 15.4 Å². The van der Waals surface area contributed by atoms with Gasteiger partial charge in [-0.05, 0) is 56.5 Å². The molecule has 1 heterocycles. The standard InChI is InChI=1S/C18H28N2O2/c1-3-4-11-22-12-5-9-19-14(2)18(21)16-6-7-17-15(13-16)8-10-20-17/h6-7,13-14,19-20H,3-5,8-12H2,1-2H3. The first kappa shape index (κ1) is 17.0. The highest BCUT2D eigenvalue weighted by Gasteiger charge is 2.17. The Balaban J connectivity index is 1.71. The third kappa shape index (κ3) is 4.82. The van der Waals surface area contributed by atoms with Crippen LogP contribution in [-0.2, 0) is 11.2 Å². The lowest BCUT2D eigenvalue weighted by Gasteiger charge is -2.13. The predicted octanol–water partition coefficient (Wildman–Crippen LogP) is 3.02. The van der Waals surface area contributed by atoms with Crippen LogP contribution in [-0.4, -0.2) is 38.1 Å². The third-order valence-corrected chi connectivity index (χ3v) is 4.05. The van der Waals surface area contributed by atoms with Gasteiger partial charge >= 0.3 is 0 Å². The first-order valence-electron chi connectivity index (χ1n) is 8.44. The van der Waals surface area contributed by atoms with Crippen LogP contribution in [0.2, 0.25) is 0 Å². The second kappa shape index (κ2) is 8.91. The van der Waals surface area contributed by atoms with Crippen molar-refractivity contribution >= 4 is 11.5 Å². The molecule has 0 radical (unpaired) electrons. The molecule has 0 saturated heterocycles. The molecule has 4 nitrogen and oxygen atoms in total. The smallest absolute Gasteiger partial charge is 0.179 e. The topological polar surface area (TPSA) is 50.4 Å². The van der Waals surface area contributed by atoms with Crippen LogP contribution in [0.15, 0.2) is 18.2 Å². The molecule has 1 aliphatic heterocycles. The molecule has 0 saturated carbocycles. The van der Waals surface area contributed by atoms with E-state index < -0.39 is 0 Å². The molecule has 2 N–H and O–H groups in total. The minimum absolute atomic E-state index is 0.150. The van der Waals surface area contributed by atoms with Gasteiger partial charge in [0.25, 0.3) is 0 Å². The second-order valence-corrected chi connectivity index (χ2v) is 5.91. The van der Waals surface area contributed by atoms with E-state index in [1.54, 1.807) is 0 Å². The number of carbonyl (C=O) groups is 1. The molecule has 22 heavy (non-hydrogen) atoms. The number of anilines is 1. The molecule has 4 heteroatoms. The number of rotatable bonds is 10. The summed E-state index contributed by atoms with van der Waals surface area (Å²) in [6.45, 7) is 7.48. The van der Waals surface area contributed by atoms with E-state index >= 15 is 0 Å². The summed E-state index contributed by atoms with van der Waals surface area (Å²) < 4.78 is 5.52. The van der Waals surface area contributed by atoms with Gasteiger partial charge in [0.1, 0.15) is 0 Å². The van der Waals surface area contributed by atoms with E-state index in [0.717, 1.165) is 51.1 Å². The van der Waals surface area contributed by atoms with Gasteiger partial charge in [-0.1, -0.05) is 13.3 Å². The molecule has 1 aromatic rings. The van der Waals surface area contributed by atoms with Crippen molar-refractivity contribution in [3.8, 4) is 0 Å².